The van der Waals surface area contributed by atoms with Gasteiger partial charge in [-0.05, 0) is 55.7 Å². The summed E-state index contributed by atoms with van der Waals surface area (Å²) in [6.45, 7) is 3.79. The summed E-state index contributed by atoms with van der Waals surface area (Å²) in [5.41, 5.74) is 0.181. The average Bonchev–Trinajstić information content (AvgIpc) is 3.73. The number of ether oxygens (including phenoxy) is 4. The molecule has 1 heterocycles. The van der Waals surface area contributed by atoms with Crippen molar-refractivity contribution in [1.29, 1.82) is 0 Å². The van der Waals surface area contributed by atoms with E-state index in [4.69, 9.17) is 18.9 Å². The van der Waals surface area contributed by atoms with Crippen LogP contribution in [-0.4, -0.2) is 65.4 Å². The van der Waals surface area contributed by atoms with Crippen LogP contribution in [0.25, 0.3) is 0 Å². The van der Waals surface area contributed by atoms with Gasteiger partial charge in [0.1, 0.15) is 30.4 Å². The molecule has 1 saturated heterocycles. The van der Waals surface area contributed by atoms with E-state index in [2.05, 4.69) is 0 Å². The number of esters is 2. The van der Waals surface area contributed by atoms with E-state index in [9.17, 15) is 14.7 Å². The lowest BCUT2D eigenvalue weighted by Gasteiger charge is -2.44. The van der Waals surface area contributed by atoms with Crippen molar-refractivity contribution < 1.29 is 33.6 Å². The number of hydrogen-bond acceptors (Lipinski definition) is 8. The maximum absolute atomic E-state index is 13.0. The van der Waals surface area contributed by atoms with E-state index in [0.29, 0.717) is 22.8 Å². The molecule has 4 rings (SSSR count). The molecule has 1 aliphatic carbocycles. The van der Waals surface area contributed by atoms with E-state index in [1.54, 1.807) is 48.5 Å². The van der Waals surface area contributed by atoms with Crippen LogP contribution in [-0.2, 0) is 18.9 Å². The van der Waals surface area contributed by atoms with Gasteiger partial charge in [-0.3, -0.25) is 0 Å². The van der Waals surface area contributed by atoms with E-state index >= 15 is 0 Å². The molecule has 1 N–H and O–H groups in total. The third-order valence-corrected chi connectivity index (χ3v) is 7.30. The van der Waals surface area contributed by atoms with Crippen LogP contribution in [0.2, 0.25) is 0 Å². The molecule has 1 aliphatic heterocycles. The smallest absolute Gasteiger partial charge is 0.338 e. The van der Waals surface area contributed by atoms with Crippen molar-refractivity contribution in [2.45, 2.75) is 62.6 Å². The van der Waals surface area contributed by atoms with Crippen LogP contribution in [0.3, 0.4) is 0 Å². The molecule has 2 fully saturated rings. The Morgan fingerprint density at radius 1 is 1.00 bits per heavy atom. The fraction of sp³-hybridized carbons (Fsp3) is 0.481. The molecular formula is C27H32O7S. The highest BCUT2D eigenvalue weighted by molar-refractivity contribution is 7.99. The second-order valence-electron chi connectivity index (χ2n) is 8.83. The summed E-state index contributed by atoms with van der Waals surface area (Å²) in [4.78, 5) is 25.6. The standard InChI is InChI=1S/C27H32O7S/c1-3-35-27-22(28)24(32-17(2)18-14-15-18)23(34-26(30)20-12-8-5-9-13-20)21(33-27)16-31-25(29)19-10-6-4-7-11-19/h4-13,17-18,21-24,27-28H,3,14-16H2,1-2H3/t17?,21-,22-,23+,24-,27+/m1/s1. The van der Waals surface area contributed by atoms with Gasteiger partial charge in [-0.2, -0.15) is 0 Å². The fourth-order valence-electron chi connectivity index (χ4n) is 4.13. The minimum Gasteiger partial charge on any atom is -0.459 e. The Hall–Kier alpha value is -2.39. The minimum absolute atomic E-state index is 0.106. The molecule has 1 saturated carbocycles. The molecule has 0 spiro atoms. The van der Waals surface area contributed by atoms with Crippen LogP contribution >= 0.6 is 11.8 Å². The van der Waals surface area contributed by atoms with Gasteiger partial charge < -0.3 is 24.1 Å². The second kappa shape index (κ2) is 12.0. The zero-order valence-electron chi connectivity index (χ0n) is 19.9. The van der Waals surface area contributed by atoms with Gasteiger partial charge in [0.15, 0.2) is 6.10 Å². The molecule has 0 radical (unpaired) electrons. The normalized spacial score (nSPS) is 27.1. The minimum atomic E-state index is -1.02. The first-order valence-electron chi connectivity index (χ1n) is 12.1. The molecule has 35 heavy (non-hydrogen) atoms. The number of benzene rings is 2. The third kappa shape index (κ3) is 6.64. The first kappa shape index (κ1) is 25.7. The Kier molecular flexibility index (Phi) is 8.83. The van der Waals surface area contributed by atoms with Crippen LogP contribution in [0, 0.1) is 5.92 Å². The van der Waals surface area contributed by atoms with E-state index in [0.717, 1.165) is 12.8 Å². The Morgan fingerprint density at radius 3 is 2.17 bits per heavy atom. The highest BCUT2D eigenvalue weighted by Gasteiger charge is 2.50. The van der Waals surface area contributed by atoms with Gasteiger partial charge in [0.05, 0.1) is 17.2 Å². The summed E-state index contributed by atoms with van der Waals surface area (Å²) in [5, 5.41) is 11.2. The fourth-order valence-corrected chi connectivity index (χ4v) is 5.04. The molecule has 188 valence electrons. The van der Waals surface area contributed by atoms with E-state index in [1.165, 1.54) is 11.8 Å². The predicted molar refractivity (Wildman–Crippen MR) is 132 cm³/mol. The maximum atomic E-state index is 13.0. The molecule has 0 amide bonds. The van der Waals surface area contributed by atoms with Crippen molar-refractivity contribution in [3.05, 3.63) is 71.8 Å². The topological polar surface area (TPSA) is 91.3 Å². The van der Waals surface area contributed by atoms with Gasteiger partial charge in [-0.15, -0.1) is 11.8 Å². The van der Waals surface area contributed by atoms with Gasteiger partial charge in [-0.25, -0.2) is 9.59 Å². The molecule has 2 aromatic carbocycles. The van der Waals surface area contributed by atoms with Crippen LogP contribution < -0.4 is 0 Å². The number of carbonyl (C=O) groups excluding carboxylic acids is 2. The molecule has 8 heteroatoms. The van der Waals surface area contributed by atoms with Crippen LogP contribution in [0.15, 0.2) is 60.7 Å². The van der Waals surface area contributed by atoms with Crippen molar-refractivity contribution in [3.8, 4) is 0 Å². The Balaban J connectivity index is 1.56. The third-order valence-electron chi connectivity index (χ3n) is 6.24. The zero-order chi connectivity index (χ0) is 24.8. The maximum Gasteiger partial charge on any atom is 0.338 e. The Bertz CT molecular complexity index is 966. The highest BCUT2D eigenvalue weighted by atomic mass is 32.2. The second-order valence-corrected chi connectivity index (χ2v) is 10.2. The quantitative estimate of drug-likeness (QED) is 0.488. The summed E-state index contributed by atoms with van der Waals surface area (Å²) >= 11 is 1.43. The molecule has 6 atom stereocenters. The van der Waals surface area contributed by atoms with Crippen LogP contribution in [0.5, 0.6) is 0 Å². The first-order valence-corrected chi connectivity index (χ1v) is 13.1. The van der Waals surface area contributed by atoms with Gasteiger partial charge in [0, 0.05) is 0 Å². The lowest BCUT2D eigenvalue weighted by Crippen LogP contribution is -2.61. The Labute approximate surface area is 210 Å². The molecule has 2 aromatic rings. The van der Waals surface area contributed by atoms with Crippen molar-refractivity contribution in [1.82, 2.24) is 0 Å². The molecule has 2 aliphatic rings. The molecule has 0 aromatic heterocycles. The summed E-state index contributed by atoms with van der Waals surface area (Å²) in [6, 6.07) is 17.3. The lowest BCUT2D eigenvalue weighted by atomic mass is 9.98. The number of thioether (sulfide) groups is 1. The predicted octanol–water partition coefficient (Wildman–Crippen LogP) is 4.09. The van der Waals surface area contributed by atoms with E-state index in [1.807, 2.05) is 26.0 Å². The van der Waals surface area contributed by atoms with Gasteiger partial charge in [0.2, 0.25) is 0 Å². The largest absolute Gasteiger partial charge is 0.459 e. The van der Waals surface area contributed by atoms with Crippen molar-refractivity contribution in [3.63, 3.8) is 0 Å². The molecule has 7 nitrogen and oxygen atoms in total. The van der Waals surface area contributed by atoms with Crippen molar-refractivity contribution in [2.75, 3.05) is 12.4 Å². The number of rotatable bonds is 10. The Morgan fingerprint density at radius 2 is 1.60 bits per heavy atom. The van der Waals surface area contributed by atoms with E-state index < -0.39 is 41.8 Å². The highest BCUT2D eigenvalue weighted by Crippen LogP contribution is 2.38. The van der Waals surface area contributed by atoms with Gasteiger partial charge in [-0.1, -0.05) is 43.3 Å². The SMILES string of the molecule is CCS[C@@H]1O[C@H](COC(=O)c2ccccc2)[C@H](OC(=O)c2ccccc2)[C@H](OC(C)C2CC2)[C@H]1O. The number of aliphatic hydroxyl groups excluding tert-OH is 1. The summed E-state index contributed by atoms with van der Waals surface area (Å²) in [6.07, 6.45) is -1.58. The molecular weight excluding hydrogens is 468 g/mol. The molecule has 1 unspecified atom stereocenters. The van der Waals surface area contributed by atoms with Crippen LogP contribution in [0.4, 0.5) is 0 Å². The monoisotopic (exact) mass is 500 g/mol. The van der Waals surface area contributed by atoms with Crippen LogP contribution in [0.1, 0.15) is 47.4 Å². The number of hydrogen-bond donors (Lipinski definition) is 1. The molecule has 0 bridgehead atoms. The average molecular weight is 501 g/mol. The first-order chi connectivity index (χ1) is 17.0. The number of aliphatic hydroxyl groups is 1. The van der Waals surface area contributed by atoms with Crippen molar-refractivity contribution >= 4 is 23.7 Å². The van der Waals surface area contributed by atoms with Gasteiger partial charge >= 0.3 is 11.9 Å². The summed E-state index contributed by atoms with van der Waals surface area (Å²) in [5.74, 6) is 0.0663. The summed E-state index contributed by atoms with van der Waals surface area (Å²) in [7, 11) is 0. The summed E-state index contributed by atoms with van der Waals surface area (Å²) < 4.78 is 23.9. The number of carbonyl (C=O) groups is 2. The van der Waals surface area contributed by atoms with Crippen molar-refractivity contribution in [2.24, 2.45) is 5.92 Å². The van der Waals surface area contributed by atoms with E-state index in [-0.39, 0.29) is 12.7 Å². The lowest BCUT2D eigenvalue weighted by molar-refractivity contribution is -0.231. The van der Waals surface area contributed by atoms with Gasteiger partial charge in [0.25, 0.3) is 0 Å². The zero-order valence-corrected chi connectivity index (χ0v) is 20.8.